The lowest BCUT2D eigenvalue weighted by Crippen LogP contribution is -2.51. The SMILES string of the molecule is COP1(=O)N/C(=c2\c(=O)c3cccn3n(C)c2=O)Nc2ccccc21. The quantitative estimate of drug-likeness (QED) is 0.593. The first kappa shape index (κ1) is 15.7. The topological polar surface area (TPSA) is 93.8 Å². The molecule has 0 saturated heterocycles. The first-order chi connectivity index (χ1) is 12.0. The van der Waals surface area contributed by atoms with Crippen molar-refractivity contribution in [2.75, 3.05) is 12.4 Å². The fourth-order valence-corrected chi connectivity index (χ4v) is 4.59. The number of anilines is 1. The number of nitrogens with zero attached hydrogens (tertiary/aromatic N) is 2. The van der Waals surface area contributed by atoms with Gasteiger partial charge in [0.15, 0.2) is 0 Å². The lowest BCUT2D eigenvalue weighted by atomic mass is 10.3. The van der Waals surface area contributed by atoms with Crippen molar-refractivity contribution in [2.45, 2.75) is 0 Å². The molecular weight excluding hydrogens is 343 g/mol. The van der Waals surface area contributed by atoms with Gasteiger partial charge in [0.25, 0.3) is 5.56 Å². The van der Waals surface area contributed by atoms with Gasteiger partial charge in [-0.2, -0.15) is 0 Å². The van der Waals surface area contributed by atoms with Crippen molar-refractivity contribution in [3.63, 3.8) is 0 Å². The first-order valence-electron chi connectivity index (χ1n) is 7.51. The molecule has 1 unspecified atom stereocenters. The van der Waals surface area contributed by atoms with Crippen LogP contribution in [0.3, 0.4) is 0 Å². The molecule has 2 aromatic heterocycles. The number of nitrogens with one attached hydrogen (secondary N) is 2. The summed E-state index contributed by atoms with van der Waals surface area (Å²) in [5, 5.41) is 6.08. The number of para-hydroxylation sites is 1. The molecule has 4 rings (SSSR count). The molecule has 3 heterocycles. The molecule has 0 radical (unpaired) electrons. The van der Waals surface area contributed by atoms with E-state index in [-0.39, 0.29) is 11.0 Å². The van der Waals surface area contributed by atoms with E-state index in [0.717, 1.165) is 0 Å². The van der Waals surface area contributed by atoms with Crippen LogP contribution < -0.4 is 31.9 Å². The second kappa shape index (κ2) is 5.34. The van der Waals surface area contributed by atoms with Gasteiger partial charge in [-0.05, 0) is 24.3 Å². The molecule has 1 aromatic carbocycles. The van der Waals surface area contributed by atoms with Crippen LogP contribution in [0.4, 0.5) is 5.69 Å². The van der Waals surface area contributed by atoms with Gasteiger partial charge >= 0.3 is 7.52 Å². The van der Waals surface area contributed by atoms with Crippen LogP contribution in [0.1, 0.15) is 0 Å². The summed E-state index contributed by atoms with van der Waals surface area (Å²) < 4.78 is 21.1. The van der Waals surface area contributed by atoms with Gasteiger partial charge in [0.2, 0.25) is 5.43 Å². The molecule has 2 N–H and O–H groups in total. The van der Waals surface area contributed by atoms with E-state index in [1.165, 1.54) is 16.3 Å². The average molecular weight is 358 g/mol. The van der Waals surface area contributed by atoms with Crippen molar-refractivity contribution in [3.05, 3.63) is 68.4 Å². The zero-order valence-corrected chi connectivity index (χ0v) is 14.4. The van der Waals surface area contributed by atoms with Crippen molar-refractivity contribution >= 4 is 29.8 Å². The van der Waals surface area contributed by atoms with E-state index < -0.39 is 18.5 Å². The van der Waals surface area contributed by atoms with Crippen LogP contribution in [0.15, 0.2) is 52.2 Å². The molecule has 128 valence electrons. The molecule has 0 amide bonds. The van der Waals surface area contributed by atoms with E-state index in [1.54, 1.807) is 49.6 Å². The summed E-state index contributed by atoms with van der Waals surface area (Å²) in [6, 6.07) is 10.2. The van der Waals surface area contributed by atoms with Gasteiger partial charge in [-0.25, -0.2) is 4.68 Å². The number of rotatable bonds is 1. The number of fused-ring (bicyclic) bond motifs is 2. The Morgan fingerprint density at radius 3 is 2.64 bits per heavy atom. The molecular formula is C16H15N4O4P. The van der Waals surface area contributed by atoms with Gasteiger partial charge < -0.3 is 9.84 Å². The lowest BCUT2D eigenvalue weighted by molar-refractivity contribution is 0.398. The Bertz CT molecular complexity index is 1230. The highest BCUT2D eigenvalue weighted by Gasteiger charge is 2.34. The van der Waals surface area contributed by atoms with Crippen LogP contribution in [0.2, 0.25) is 0 Å². The summed E-state index contributed by atoms with van der Waals surface area (Å²) in [6.45, 7) is 0. The van der Waals surface area contributed by atoms with Crippen molar-refractivity contribution < 1.29 is 9.09 Å². The van der Waals surface area contributed by atoms with E-state index in [2.05, 4.69) is 10.4 Å². The van der Waals surface area contributed by atoms with Crippen molar-refractivity contribution in [2.24, 2.45) is 7.05 Å². The van der Waals surface area contributed by atoms with E-state index in [9.17, 15) is 14.2 Å². The van der Waals surface area contributed by atoms with Crippen molar-refractivity contribution in [1.82, 2.24) is 14.3 Å². The van der Waals surface area contributed by atoms with Gasteiger partial charge in [0.05, 0.1) is 11.0 Å². The second-order valence-corrected chi connectivity index (χ2v) is 7.81. The maximum absolute atomic E-state index is 13.1. The van der Waals surface area contributed by atoms with Gasteiger partial charge in [-0.15, -0.1) is 0 Å². The van der Waals surface area contributed by atoms with E-state index >= 15 is 0 Å². The highest BCUT2D eigenvalue weighted by atomic mass is 31.2. The van der Waals surface area contributed by atoms with Crippen molar-refractivity contribution in [1.29, 1.82) is 0 Å². The Balaban J connectivity index is 2.13. The minimum absolute atomic E-state index is 0.0817. The molecule has 1 aliphatic rings. The molecule has 1 atom stereocenters. The van der Waals surface area contributed by atoms with Gasteiger partial charge in [0.1, 0.15) is 16.6 Å². The second-order valence-electron chi connectivity index (χ2n) is 5.63. The Labute approximate surface area is 141 Å². The predicted octanol–water partition coefficient (Wildman–Crippen LogP) is -0.0371. The Hall–Kier alpha value is -2.83. The first-order valence-corrected chi connectivity index (χ1v) is 9.14. The number of hydrogen-bond acceptors (Lipinski definition) is 5. The molecule has 1 aliphatic heterocycles. The summed E-state index contributed by atoms with van der Waals surface area (Å²) in [6.07, 6.45) is 1.63. The molecule has 25 heavy (non-hydrogen) atoms. The molecule has 0 saturated carbocycles. The van der Waals surface area contributed by atoms with Gasteiger partial charge in [0, 0.05) is 20.4 Å². The molecule has 0 aliphatic carbocycles. The summed E-state index contributed by atoms with van der Waals surface area (Å²) >= 11 is 0. The van der Waals surface area contributed by atoms with E-state index in [4.69, 9.17) is 4.52 Å². The minimum Gasteiger partial charge on any atom is -0.340 e. The molecule has 9 heteroatoms. The summed E-state index contributed by atoms with van der Waals surface area (Å²) in [7, 11) is -0.569. The third kappa shape index (κ3) is 2.15. The molecule has 0 bridgehead atoms. The lowest BCUT2D eigenvalue weighted by Gasteiger charge is -2.28. The van der Waals surface area contributed by atoms with Crippen LogP contribution in [-0.2, 0) is 16.1 Å². The summed E-state index contributed by atoms with van der Waals surface area (Å²) in [4.78, 5) is 25.5. The highest BCUT2D eigenvalue weighted by molar-refractivity contribution is 7.66. The molecule has 0 spiro atoms. The standard InChI is InChI=1S/C16H15N4O4P/c1-19-16(22)13(14(21)11-7-5-9-20(11)19)15-17-10-6-3-4-8-12(10)25(23,18-15)24-2/h3-9,17H,1-2H3,(H,18,23)/b15-13+. The van der Waals surface area contributed by atoms with Crippen molar-refractivity contribution in [3.8, 4) is 0 Å². The molecule has 8 nitrogen and oxygen atoms in total. The number of benzene rings is 1. The maximum atomic E-state index is 13.1. The Morgan fingerprint density at radius 2 is 1.88 bits per heavy atom. The Morgan fingerprint density at radius 1 is 1.12 bits per heavy atom. The maximum Gasteiger partial charge on any atom is 0.326 e. The largest absolute Gasteiger partial charge is 0.340 e. The number of aromatic nitrogens is 2. The average Bonchev–Trinajstić information content (AvgIpc) is 3.10. The highest BCUT2D eigenvalue weighted by Crippen LogP contribution is 2.46. The fourth-order valence-electron chi connectivity index (χ4n) is 2.99. The third-order valence-electron chi connectivity index (χ3n) is 4.27. The summed E-state index contributed by atoms with van der Waals surface area (Å²) in [5.41, 5.74) is -0.0895. The van der Waals surface area contributed by atoms with E-state index in [0.29, 0.717) is 16.5 Å². The van der Waals surface area contributed by atoms with Crippen LogP contribution in [-0.4, -0.2) is 16.3 Å². The van der Waals surface area contributed by atoms with Crippen LogP contribution >= 0.6 is 7.52 Å². The van der Waals surface area contributed by atoms with Crippen LogP contribution in [0.25, 0.3) is 11.3 Å². The van der Waals surface area contributed by atoms with Crippen LogP contribution in [0.5, 0.6) is 0 Å². The van der Waals surface area contributed by atoms with Gasteiger partial charge in [-0.1, -0.05) is 12.1 Å². The third-order valence-corrected chi connectivity index (χ3v) is 6.32. The summed E-state index contributed by atoms with van der Waals surface area (Å²) in [5.74, 6) is 0.0817. The zero-order chi connectivity index (χ0) is 17.8. The predicted molar refractivity (Wildman–Crippen MR) is 95.0 cm³/mol. The van der Waals surface area contributed by atoms with Gasteiger partial charge in [-0.3, -0.25) is 23.8 Å². The minimum atomic E-state index is -3.45. The van der Waals surface area contributed by atoms with Crippen LogP contribution in [0, 0.1) is 0 Å². The molecule has 0 fully saturated rings. The van der Waals surface area contributed by atoms with E-state index in [1.807, 2.05) is 0 Å². The fraction of sp³-hybridized carbons (Fsp3) is 0.125. The normalized spacial score (nSPS) is 21.5. The zero-order valence-electron chi connectivity index (χ0n) is 13.5. The smallest absolute Gasteiger partial charge is 0.326 e. The monoisotopic (exact) mass is 358 g/mol. The Kier molecular flexibility index (Phi) is 3.35. The number of hydrogen-bond donors (Lipinski definition) is 2. The number of aryl methyl sites for hydroxylation is 1. The molecule has 3 aromatic rings.